The molecule has 1 saturated heterocycles. The largest absolute Gasteiger partial charge is 0.386 e. The van der Waals surface area contributed by atoms with Crippen LogP contribution in [0.25, 0.3) is 5.57 Å². The lowest BCUT2D eigenvalue weighted by Crippen LogP contribution is -2.45. The van der Waals surface area contributed by atoms with E-state index in [2.05, 4.69) is 24.3 Å². The summed E-state index contributed by atoms with van der Waals surface area (Å²) in [4.78, 5) is 24.8. The Morgan fingerprint density at radius 2 is 1.43 bits per heavy atom. The summed E-state index contributed by atoms with van der Waals surface area (Å²) in [5.41, 5.74) is 8.13. The Bertz CT molecular complexity index is 1030. The Kier molecular flexibility index (Phi) is 4.77. The van der Waals surface area contributed by atoms with Crippen LogP contribution in [0.2, 0.25) is 0 Å². The lowest BCUT2D eigenvalue weighted by molar-refractivity contribution is -0.843. The van der Waals surface area contributed by atoms with E-state index in [0.29, 0.717) is 16.7 Å². The molecule has 0 aromatic heterocycles. The van der Waals surface area contributed by atoms with E-state index in [4.69, 9.17) is 10.6 Å². The van der Waals surface area contributed by atoms with E-state index in [0.717, 1.165) is 33.7 Å². The SMILES string of the molecule is CC(C)=C1C(=O)OC(=O)C1=C(C)C1=C(C)[N+](C)(N)C(C)=C1c1ccc(C)cc1. The van der Waals surface area contributed by atoms with Crippen LogP contribution >= 0.6 is 0 Å². The molecule has 28 heavy (non-hydrogen) atoms. The Morgan fingerprint density at radius 1 is 0.893 bits per heavy atom. The molecule has 0 saturated carbocycles. The van der Waals surface area contributed by atoms with Crippen molar-refractivity contribution >= 4 is 17.5 Å². The quantitative estimate of drug-likeness (QED) is 0.276. The molecule has 2 N–H and O–H groups in total. The molecule has 146 valence electrons. The van der Waals surface area contributed by atoms with Gasteiger partial charge < -0.3 is 4.74 Å². The van der Waals surface area contributed by atoms with Crippen LogP contribution in [0.1, 0.15) is 45.7 Å². The minimum Gasteiger partial charge on any atom is -0.386 e. The molecule has 2 aliphatic rings. The summed E-state index contributed by atoms with van der Waals surface area (Å²) in [6.07, 6.45) is 0. The Labute approximate surface area is 166 Å². The molecular weight excluding hydrogens is 352 g/mol. The molecule has 0 aliphatic carbocycles. The first-order chi connectivity index (χ1) is 13.0. The molecule has 0 radical (unpaired) electrons. The second-order valence-corrected chi connectivity index (χ2v) is 7.91. The van der Waals surface area contributed by atoms with Crippen LogP contribution in [-0.4, -0.2) is 23.6 Å². The highest BCUT2D eigenvalue weighted by Gasteiger charge is 2.43. The van der Waals surface area contributed by atoms with Crippen LogP contribution in [0.5, 0.6) is 0 Å². The van der Waals surface area contributed by atoms with E-state index in [1.165, 1.54) is 5.56 Å². The molecule has 1 aromatic carbocycles. The van der Waals surface area contributed by atoms with Crippen molar-refractivity contribution in [3.05, 3.63) is 74.7 Å². The minimum atomic E-state index is -0.599. The van der Waals surface area contributed by atoms with Gasteiger partial charge in [0.1, 0.15) is 11.4 Å². The van der Waals surface area contributed by atoms with Gasteiger partial charge in [0.2, 0.25) is 0 Å². The zero-order valence-electron chi connectivity index (χ0n) is 17.6. The van der Waals surface area contributed by atoms with Crippen molar-refractivity contribution in [3.63, 3.8) is 0 Å². The van der Waals surface area contributed by atoms with Crippen molar-refractivity contribution in [2.24, 2.45) is 5.84 Å². The van der Waals surface area contributed by atoms with E-state index >= 15 is 0 Å². The van der Waals surface area contributed by atoms with Gasteiger partial charge in [-0.3, -0.25) is 0 Å². The van der Waals surface area contributed by atoms with Gasteiger partial charge >= 0.3 is 11.9 Å². The fourth-order valence-corrected chi connectivity index (χ4v) is 3.92. The summed E-state index contributed by atoms with van der Waals surface area (Å²) in [7, 11) is 1.92. The topological polar surface area (TPSA) is 69.4 Å². The van der Waals surface area contributed by atoms with Crippen LogP contribution in [0.4, 0.5) is 0 Å². The smallest absolute Gasteiger partial charge is 0.347 e. The van der Waals surface area contributed by atoms with Crippen LogP contribution in [0.15, 0.2) is 63.5 Å². The molecule has 0 bridgehead atoms. The molecule has 2 aliphatic heterocycles. The highest BCUT2D eigenvalue weighted by Crippen LogP contribution is 2.46. The molecule has 2 heterocycles. The van der Waals surface area contributed by atoms with Crippen molar-refractivity contribution in [2.75, 3.05) is 7.05 Å². The number of nitrogens with two attached hydrogens (primary N) is 1. The summed E-state index contributed by atoms with van der Waals surface area (Å²) < 4.78 is 5.05. The fraction of sp³-hybridized carbons (Fsp3) is 0.304. The number of hydrogen-bond donors (Lipinski definition) is 1. The van der Waals surface area contributed by atoms with Gasteiger partial charge in [-0.1, -0.05) is 35.4 Å². The monoisotopic (exact) mass is 379 g/mol. The normalized spacial score (nSPS) is 24.4. The average molecular weight is 379 g/mol. The lowest BCUT2D eigenvalue weighted by atomic mass is 9.87. The maximum absolute atomic E-state index is 12.5. The summed E-state index contributed by atoms with van der Waals surface area (Å²) in [6, 6.07) is 8.23. The molecule has 3 rings (SSSR count). The fourth-order valence-electron chi connectivity index (χ4n) is 3.92. The summed E-state index contributed by atoms with van der Waals surface area (Å²) >= 11 is 0. The van der Waals surface area contributed by atoms with Gasteiger partial charge in [-0.15, -0.1) is 0 Å². The number of benzene rings is 1. The van der Waals surface area contributed by atoms with Gasteiger partial charge in [0.25, 0.3) is 0 Å². The number of carbonyl (C=O) groups is 2. The first-order valence-electron chi connectivity index (χ1n) is 9.29. The number of carbonyl (C=O) groups excluding carboxylic acids is 2. The third kappa shape index (κ3) is 2.87. The number of ether oxygens (including phenoxy) is 1. The Morgan fingerprint density at radius 3 is 1.96 bits per heavy atom. The van der Waals surface area contributed by atoms with Crippen LogP contribution in [-0.2, 0) is 14.3 Å². The summed E-state index contributed by atoms with van der Waals surface area (Å²) in [5.74, 6) is 5.43. The van der Waals surface area contributed by atoms with Crippen molar-refractivity contribution in [3.8, 4) is 0 Å². The Hall–Kier alpha value is -2.76. The number of aryl methyl sites for hydroxylation is 1. The van der Waals surface area contributed by atoms with Crippen LogP contribution in [0, 0.1) is 6.92 Å². The van der Waals surface area contributed by atoms with E-state index in [1.807, 2.05) is 48.6 Å². The molecule has 0 spiro atoms. The van der Waals surface area contributed by atoms with Crippen LogP contribution in [0.3, 0.4) is 0 Å². The maximum atomic E-state index is 12.5. The maximum Gasteiger partial charge on any atom is 0.347 e. The Balaban J connectivity index is 2.33. The number of allylic oxidation sites excluding steroid dienone is 6. The molecule has 5 nitrogen and oxygen atoms in total. The van der Waals surface area contributed by atoms with Gasteiger partial charge in [0.05, 0.1) is 29.3 Å². The second kappa shape index (κ2) is 6.69. The van der Waals surface area contributed by atoms with E-state index in [1.54, 1.807) is 0 Å². The molecule has 1 unspecified atom stereocenters. The standard InChI is InChI=1S/C23H27N2O3/c1-12(2)18-20(23(27)28-22(18)26)14(4)19-15(5)25(7,24)16(6)21(19)17-10-8-13(3)9-11-17/h8-11H,24H2,1-7H3/q+1. The number of esters is 2. The van der Waals surface area contributed by atoms with E-state index < -0.39 is 11.9 Å². The molecule has 1 fully saturated rings. The molecule has 0 amide bonds. The van der Waals surface area contributed by atoms with Crippen molar-refractivity contribution in [1.82, 2.24) is 0 Å². The predicted molar refractivity (Wildman–Crippen MR) is 109 cm³/mol. The van der Waals surface area contributed by atoms with Crippen molar-refractivity contribution in [2.45, 2.75) is 41.5 Å². The number of hydrogen-bond acceptors (Lipinski definition) is 4. The third-order valence-corrected chi connectivity index (χ3v) is 5.80. The minimum absolute atomic E-state index is 0.121. The number of nitrogens with zero attached hydrogens (tertiary/aromatic N) is 1. The number of cyclic esters (lactones) is 2. The lowest BCUT2D eigenvalue weighted by Gasteiger charge is -2.25. The first-order valence-corrected chi connectivity index (χ1v) is 9.29. The van der Waals surface area contributed by atoms with E-state index in [-0.39, 0.29) is 4.59 Å². The van der Waals surface area contributed by atoms with Crippen molar-refractivity contribution in [1.29, 1.82) is 0 Å². The summed E-state index contributed by atoms with van der Waals surface area (Å²) in [5, 5.41) is 0. The van der Waals surface area contributed by atoms with Crippen molar-refractivity contribution < 1.29 is 18.9 Å². The number of rotatable bonds is 2. The molecule has 1 aromatic rings. The van der Waals surface area contributed by atoms with Gasteiger partial charge in [0, 0.05) is 13.8 Å². The average Bonchev–Trinajstić information content (AvgIpc) is 3.01. The van der Waals surface area contributed by atoms with Gasteiger partial charge in [-0.05, 0) is 38.8 Å². The highest BCUT2D eigenvalue weighted by atomic mass is 16.6. The molecular formula is C23H27N2O3+. The molecule has 5 heteroatoms. The van der Waals surface area contributed by atoms with E-state index in [9.17, 15) is 9.59 Å². The van der Waals surface area contributed by atoms with Crippen LogP contribution < -0.4 is 5.84 Å². The molecule has 1 atom stereocenters. The number of quaternary nitrogens is 1. The third-order valence-electron chi connectivity index (χ3n) is 5.80. The van der Waals surface area contributed by atoms with Gasteiger partial charge in [-0.2, -0.15) is 10.4 Å². The first kappa shape index (κ1) is 20.0. The second-order valence-electron chi connectivity index (χ2n) is 7.91. The zero-order chi connectivity index (χ0) is 21.0. The highest BCUT2D eigenvalue weighted by molar-refractivity contribution is 6.19. The zero-order valence-corrected chi connectivity index (χ0v) is 17.6. The van der Waals surface area contributed by atoms with Gasteiger partial charge in [-0.25, -0.2) is 9.59 Å². The van der Waals surface area contributed by atoms with Gasteiger partial charge in [0.15, 0.2) is 0 Å². The predicted octanol–water partition coefficient (Wildman–Crippen LogP) is 4.07. The summed E-state index contributed by atoms with van der Waals surface area (Å²) in [6.45, 7) is 11.5.